The zero-order valence-electron chi connectivity index (χ0n) is 17.4. The largest absolute Gasteiger partial charge is 0.395 e. The molecule has 2 aromatic rings. The highest BCUT2D eigenvalue weighted by Crippen LogP contribution is 2.27. The summed E-state index contributed by atoms with van der Waals surface area (Å²) in [5.41, 5.74) is 0.976. The normalized spacial score (nSPS) is 15.5. The molecule has 1 saturated heterocycles. The Bertz CT molecular complexity index is 728. The topological polar surface area (TPSA) is 84.8 Å². The zero-order chi connectivity index (χ0) is 20.3. The number of nitrogens with zero attached hydrogens (tertiary/aromatic N) is 4. The van der Waals surface area contributed by atoms with Crippen LogP contribution in [0.2, 0.25) is 0 Å². The lowest BCUT2D eigenvalue weighted by Crippen LogP contribution is -2.31. The predicted molar refractivity (Wildman–Crippen MR) is 119 cm³/mol. The summed E-state index contributed by atoms with van der Waals surface area (Å²) in [6.45, 7) is 5.08. The monoisotopic (exact) mass is 401 g/mol. The average molecular weight is 402 g/mol. The predicted octanol–water partition coefficient (Wildman–Crippen LogP) is 2.49. The van der Waals surface area contributed by atoms with Gasteiger partial charge in [-0.2, -0.15) is 4.98 Å². The van der Waals surface area contributed by atoms with Crippen LogP contribution in [0, 0.1) is 0 Å². The molecule has 3 rings (SSSR count). The van der Waals surface area contributed by atoms with Gasteiger partial charge in [0.1, 0.15) is 5.82 Å². The number of anilines is 2. The van der Waals surface area contributed by atoms with Crippen LogP contribution in [0.25, 0.3) is 10.9 Å². The van der Waals surface area contributed by atoms with Gasteiger partial charge in [0.2, 0.25) is 5.95 Å². The Hall–Kier alpha value is -1.96. The molecule has 2 heterocycles. The number of hydrogen-bond acceptors (Lipinski definition) is 7. The Morgan fingerprint density at radius 3 is 2.31 bits per heavy atom. The molecule has 0 atom stereocenters. The fourth-order valence-corrected chi connectivity index (χ4v) is 3.96. The second-order valence-electron chi connectivity index (χ2n) is 7.71. The summed E-state index contributed by atoms with van der Waals surface area (Å²) in [6.07, 6.45) is 7.26. The molecule has 0 spiro atoms. The fourth-order valence-electron chi connectivity index (χ4n) is 3.96. The third kappa shape index (κ3) is 6.52. The number of aromatic nitrogens is 2. The first-order valence-corrected chi connectivity index (χ1v) is 11.0. The molecule has 0 bridgehead atoms. The molecule has 1 aromatic heterocycles. The van der Waals surface area contributed by atoms with E-state index in [-0.39, 0.29) is 13.2 Å². The lowest BCUT2D eigenvalue weighted by atomic mass is 10.1. The second kappa shape index (κ2) is 11.9. The molecule has 0 unspecified atom stereocenters. The number of aliphatic hydroxyl groups excluding tert-OH is 2. The van der Waals surface area contributed by atoms with E-state index in [1.807, 2.05) is 6.07 Å². The van der Waals surface area contributed by atoms with Crippen molar-refractivity contribution in [3.63, 3.8) is 0 Å². The van der Waals surface area contributed by atoms with Crippen LogP contribution < -0.4 is 10.2 Å². The number of rotatable bonds is 10. The highest BCUT2D eigenvalue weighted by Gasteiger charge is 2.15. The molecular weight excluding hydrogens is 366 g/mol. The molecule has 0 amide bonds. The van der Waals surface area contributed by atoms with E-state index in [1.165, 1.54) is 32.1 Å². The van der Waals surface area contributed by atoms with Crippen molar-refractivity contribution in [1.82, 2.24) is 14.9 Å². The summed E-state index contributed by atoms with van der Waals surface area (Å²) in [4.78, 5) is 14.1. The number of nitrogens with one attached hydrogen (secondary N) is 1. The lowest BCUT2D eigenvalue weighted by Gasteiger charge is -2.27. The van der Waals surface area contributed by atoms with Gasteiger partial charge in [-0.25, -0.2) is 4.98 Å². The quantitative estimate of drug-likeness (QED) is 0.528. The molecule has 0 radical (unpaired) electrons. The summed E-state index contributed by atoms with van der Waals surface area (Å²) < 4.78 is 0. The first-order chi connectivity index (χ1) is 14.3. The summed E-state index contributed by atoms with van der Waals surface area (Å²) in [7, 11) is 0. The van der Waals surface area contributed by atoms with Crippen LogP contribution in [0.15, 0.2) is 24.3 Å². The average Bonchev–Trinajstić information content (AvgIpc) is 2.71. The number of benzene rings is 1. The van der Waals surface area contributed by atoms with Crippen LogP contribution >= 0.6 is 0 Å². The van der Waals surface area contributed by atoms with Crippen molar-refractivity contribution in [2.75, 3.05) is 62.7 Å². The van der Waals surface area contributed by atoms with Crippen molar-refractivity contribution in [3.8, 4) is 0 Å². The molecule has 3 N–H and O–H groups in total. The van der Waals surface area contributed by atoms with Crippen LogP contribution in [0.1, 0.15) is 38.5 Å². The number of hydrogen-bond donors (Lipinski definition) is 3. The van der Waals surface area contributed by atoms with Crippen molar-refractivity contribution in [2.45, 2.75) is 38.5 Å². The van der Waals surface area contributed by atoms with Crippen LogP contribution in [0.5, 0.6) is 0 Å². The van der Waals surface area contributed by atoms with Crippen molar-refractivity contribution < 1.29 is 10.2 Å². The maximum absolute atomic E-state index is 9.13. The van der Waals surface area contributed by atoms with Gasteiger partial charge in [0, 0.05) is 38.1 Å². The number of para-hydroxylation sites is 1. The molecule has 0 saturated carbocycles. The molecule has 1 aliphatic heterocycles. The number of aliphatic hydroxyl groups is 2. The van der Waals surface area contributed by atoms with E-state index in [2.05, 4.69) is 33.3 Å². The van der Waals surface area contributed by atoms with Crippen LogP contribution in [-0.4, -0.2) is 77.6 Å². The highest BCUT2D eigenvalue weighted by atomic mass is 16.3. The van der Waals surface area contributed by atoms with Crippen LogP contribution in [0.4, 0.5) is 11.8 Å². The fraction of sp³-hybridized carbons (Fsp3) is 0.636. The molecule has 0 aliphatic carbocycles. The summed E-state index contributed by atoms with van der Waals surface area (Å²) in [5.74, 6) is 1.72. The molecule has 7 heteroatoms. The Labute approximate surface area is 173 Å². The summed E-state index contributed by atoms with van der Waals surface area (Å²) >= 11 is 0. The maximum atomic E-state index is 9.13. The summed E-state index contributed by atoms with van der Waals surface area (Å²) in [5, 5.41) is 22.8. The smallest absolute Gasteiger partial charge is 0.225 e. The molecule has 7 nitrogen and oxygen atoms in total. The molecule has 29 heavy (non-hydrogen) atoms. The third-order valence-corrected chi connectivity index (χ3v) is 5.51. The second-order valence-corrected chi connectivity index (χ2v) is 7.71. The van der Waals surface area contributed by atoms with E-state index in [1.54, 1.807) is 0 Å². The molecule has 1 fully saturated rings. The van der Waals surface area contributed by atoms with E-state index >= 15 is 0 Å². The molecule has 160 valence electrons. The van der Waals surface area contributed by atoms with Gasteiger partial charge in [0.05, 0.1) is 18.7 Å². The minimum Gasteiger partial charge on any atom is -0.395 e. The van der Waals surface area contributed by atoms with Gasteiger partial charge in [-0.05, 0) is 37.9 Å². The van der Waals surface area contributed by atoms with Crippen molar-refractivity contribution >= 4 is 22.7 Å². The van der Waals surface area contributed by atoms with Crippen LogP contribution in [-0.2, 0) is 0 Å². The van der Waals surface area contributed by atoms with Crippen molar-refractivity contribution in [3.05, 3.63) is 24.3 Å². The zero-order valence-corrected chi connectivity index (χ0v) is 17.4. The van der Waals surface area contributed by atoms with Gasteiger partial charge in [0.25, 0.3) is 0 Å². The van der Waals surface area contributed by atoms with Crippen molar-refractivity contribution in [2.24, 2.45) is 0 Å². The van der Waals surface area contributed by atoms with Crippen LogP contribution in [0.3, 0.4) is 0 Å². The van der Waals surface area contributed by atoms with Gasteiger partial charge in [-0.15, -0.1) is 0 Å². The van der Waals surface area contributed by atoms with E-state index < -0.39 is 0 Å². The molecule has 1 aromatic carbocycles. The summed E-state index contributed by atoms with van der Waals surface area (Å²) in [6, 6.07) is 8.26. The first-order valence-electron chi connectivity index (χ1n) is 11.0. The van der Waals surface area contributed by atoms with Gasteiger partial charge < -0.3 is 20.4 Å². The minimum absolute atomic E-state index is 0.112. The van der Waals surface area contributed by atoms with E-state index in [0.29, 0.717) is 19.0 Å². The van der Waals surface area contributed by atoms with E-state index in [4.69, 9.17) is 20.2 Å². The van der Waals surface area contributed by atoms with Gasteiger partial charge in [-0.1, -0.05) is 31.4 Å². The Morgan fingerprint density at radius 2 is 1.59 bits per heavy atom. The Balaban J connectivity index is 1.68. The van der Waals surface area contributed by atoms with Gasteiger partial charge in [-0.3, -0.25) is 4.90 Å². The Morgan fingerprint density at radius 1 is 0.897 bits per heavy atom. The number of fused-ring (bicyclic) bond motifs is 1. The van der Waals surface area contributed by atoms with Crippen molar-refractivity contribution in [1.29, 1.82) is 0 Å². The third-order valence-electron chi connectivity index (χ3n) is 5.51. The minimum atomic E-state index is 0.112. The SMILES string of the molecule is OCCN(CCO)CCCNc1nc(N2CCCCCCC2)c2ccccc2n1. The molecular formula is C22H35N5O2. The standard InChI is InChI=1S/C22H35N5O2/c28-17-15-26(16-18-29)12-8-11-23-22-24-20-10-5-4-9-19(20)21(25-22)27-13-6-2-1-3-7-14-27/h4-5,9-10,28-29H,1-3,6-8,11-18H2,(H,23,24,25). The molecule has 1 aliphatic rings. The van der Waals surface area contributed by atoms with Gasteiger partial charge in [0.15, 0.2) is 0 Å². The maximum Gasteiger partial charge on any atom is 0.225 e. The first kappa shape index (κ1) is 21.7. The van der Waals surface area contributed by atoms with E-state index in [9.17, 15) is 0 Å². The highest BCUT2D eigenvalue weighted by molar-refractivity contribution is 5.90. The van der Waals surface area contributed by atoms with E-state index in [0.717, 1.165) is 49.3 Å². The van der Waals surface area contributed by atoms with Gasteiger partial charge >= 0.3 is 0 Å². The Kier molecular flexibility index (Phi) is 8.92. The lowest BCUT2D eigenvalue weighted by molar-refractivity contribution is 0.161.